The molecule has 1 aliphatic heterocycles. The van der Waals surface area contributed by atoms with Crippen LogP contribution in [0.25, 0.3) is 0 Å². The molecule has 0 amide bonds. The van der Waals surface area contributed by atoms with Crippen LogP contribution in [0.4, 0.5) is 0 Å². The molecule has 3 aliphatic carbocycles. The lowest BCUT2D eigenvalue weighted by atomic mass is 9.46. The molecule has 1 heterocycles. The van der Waals surface area contributed by atoms with Crippen molar-refractivity contribution in [2.24, 2.45) is 22.7 Å². The van der Waals surface area contributed by atoms with Crippen molar-refractivity contribution in [2.75, 3.05) is 0 Å². The molecule has 0 unspecified atom stereocenters. The molecule has 0 bridgehead atoms. The van der Waals surface area contributed by atoms with Gasteiger partial charge in [-0.1, -0.05) is 27.2 Å². The van der Waals surface area contributed by atoms with Crippen molar-refractivity contribution in [2.45, 2.75) is 84.3 Å². The summed E-state index contributed by atoms with van der Waals surface area (Å²) in [5.41, 5.74) is -1.39. The van der Waals surface area contributed by atoms with E-state index in [0.29, 0.717) is 12.3 Å². The van der Waals surface area contributed by atoms with Crippen molar-refractivity contribution in [1.82, 2.24) is 0 Å². The van der Waals surface area contributed by atoms with E-state index < -0.39 is 29.1 Å². The van der Waals surface area contributed by atoms with Gasteiger partial charge in [-0.3, -0.25) is 9.59 Å². The van der Waals surface area contributed by atoms with Crippen LogP contribution in [-0.4, -0.2) is 28.9 Å². The Morgan fingerprint density at radius 3 is 2.56 bits per heavy atom. The number of fused-ring (bicyclic) bond motifs is 2. The zero-order valence-electron chi connectivity index (χ0n) is 17.0. The normalized spacial score (nSPS) is 44.7. The Kier molecular flexibility index (Phi) is 3.78. The average molecular weight is 374 g/mol. The summed E-state index contributed by atoms with van der Waals surface area (Å²) in [7, 11) is 0. The Balaban J connectivity index is 1.85. The van der Waals surface area contributed by atoms with Gasteiger partial charge in [0.05, 0.1) is 0 Å². The monoisotopic (exact) mass is 374 g/mol. The maximum absolute atomic E-state index is 13.2. The van der Waals surface area contributed by atoms with E-state index in [9.17, 15) is 14.4 Å². The van der Waals surface area contributed by atoms with Crippen molar-refractivity contribution < 1.29 is 23.9 Å². The SMILES string of the molecule is CC[C@]12CCCC(C)(C)[C@@H]1CC[C@@]13OC(=O)[C@@](C)(OC(C)=O)[C@@H]1C(=O)C=C23. The minimum absolute atomic E-state index is 0.119. The summed E-state index contributed by atoms with van der Waals surface area (Å²) in [5, 5.41) is 0. The molecule has 2 saturated carbocycles. The standard InChI is InChI=1S/C22H30O5/c1-6-21-10-7-9-19(3,4)15(21)8-11-22-16(21)12-14(24)17(22)20(5,18(25)27-22)26-13(2)23/h12,15,17H,6-11H2,1-5H3/t15-,17-,20-,21-,22-/m0/s1. The highest BCUT2D eigenvalue weighted by atomic mass is 16.6. The number of ketones is 1. The third-order valence-electron chi connectivity index (χ3n) is 8.11. The number of ether oxygens (including phenoxy) is 2. The molecule has 148 valence electrons. The molecule has 5 heteroatoms. The molecule has 27 heavy (non-hydrogen) atoms. The molecule has 0 radical (unpaired) electrons. The maximum atomic E-state index is 13.2. The fraction of sp³-hybridized carbons (Fsp3) is 0.773. The zero-order chi connectivity index (χ0) is 19.8. The summed E-state index contributed by atoms with van der Waals surface area (Å²) in [6, 6.07) is 0. The highest BCUT2D eigenvalue weighted by Gasteiger charge is 2.75. The van der Waals surface area contributed by atoms with E-state index in [4.69, 9.17) is 9.47 Å². The van der Waals surface area contributed by atoms with Gasteiger partial charge in [0.25, 0.3) is 0 Å². The molecule has 0 N–H and O–H groups in total. The third-order valence-corrected chi connectivity index (χ3v) is 8.11. The van der Waals surface area contributed by atoms with Gasteiger partial charge >= 0.3 is 11.9 Å². The average Bonchev–Trinajstić information content (AvgIpc) is 2.96. The number of carbonyl (C=O) groups is 3. The maximum Gasteiger partial charge on any atom is 0.352 e. The predicted octanol–water partition coefficient (Wildman–Crippen LogP) is 3.75. The lowest BCUT2D eigenvalue weighted by molar-refractivity contribution is -0.173. The van der Waals surface area contributed by atoms with Crippen molar-refractivity contribution in [3.05, 3.63) is 11.6 Å². The molecule has 5 atom stereocenters. The summed E-state index contributed by atoms with van der Waals surface area (Å²) in [6.45, 7) is 9.66. The zero-order valence-corrected chi connectivity index (χ0v) is 17.0. The van der Waals surface area contributed by atoms with Crippen LogP contribution in [0.3, 0.4) is 0 Å². The summed E-state index contributed by atoms with van der Waals surface area (Å²) in [4.78, 5) is 37.7. The van der Waals surface area contributed by atoms with Gasteiger partial charge in [-0.25, -0.2) is 4.79 Å². The number of hydrogen-bond acceptors (Lipinski definition) is 5. The third kappa shape index (κ3) is 2.14. The van der Waals surface area contributed by atoms with Crippen LogP contribution in [0.1, 0.15) is 73.1 Å². The molecule has 1 saturated heterocycles. The van der Waals surface area contributed by atoms with E-state index in [2.05, 4.69) is 20.8 Å². The van der Waals surface area contributed by atoms with Crippen molar-refractivity contribution in [1.29, 1.82) is 0 Å². The topological polar surface area (TPSA) is 69.7 Å². The minimum atomic E-state index is -1.53. The lowest BCUT2D eigenvalue weighted by Crippen LogP contribution is -2.57. The van der Waals surface area contributed by atoms with Crippen molar-refractivity contribution in [3.8, 4) is 0 Å². The Morgan fingerprint density at radius 1 is 1.22 bits per heavy atom. The number of carbonyl (C=O) groups excluding carboxylic acids is 3. The summed E-state index contributed by atoms with van der Waals surface area (Å²) >= 11 is 0. The second kappa shape index (κ2) is 5.45. The highest BCUT2D eigenvalue weighted by Crippen LogP contribution is 2.69. The Hall–Kier alpha value is -1.65. The first-order valence-electron chi connectivity index (χ1n) is 10.2. The van der Waals surface area contributed by atoms with Gasteiger partial charge in [0, 0.05) is 6.92 Å². The second-order valence-corrected chi connectivity index (χ2v) is 9.82. The van der Waals surface area contributed by atoms with Gasteiger partial charge < -0.3 is 9.47 Å². The molecule has 0 aromatic carbocycles. The molecule has 3 fully saturated rings. The number of hydrogen-bond donors (Lipinski definition) is 0. The smallest absolute Gasteiger partial charge is 0.352 e. The molecular formula is C22H30O5. The van der Waals surface area contributed by atoms with Crippen molar-refractivity contribution >= 4 is 17.7 Å². The van der Waals surface area contributed by atoms with E-state index in [-0.39, 0.29) is 16.6 Å². The van der Waals surface area contributed by atoms with Crippen LogP contribution >= 0.6 is 0 Å². The molecule has 5 nitrogen and oxygen atoms in total. The number of allylic oxidation sites excluding steroid dienone is 1. The van der Waals surface area contributed by atoms with Gasteiger partial charge in [-0.05, 0) is 67.4 Å². The number of esters is 2. The fourth-order valence-electron chi connectivity index (χ4n) is 7.16. The summed E-state index contributed by atoms with van der Waals surface area (Å²) in [5.74, 6) is -1.57. The van der Waals surface area contributed by atoms with Gasteiger partial charge in [-0.2, -0.15) is 0 Å². The van der Waals surface area contributed by atoms with Crippen LogP contribution in [0.2, 0.25) is 0 Å². The molecule has 1 spiro atoms. The fourth-order valence-corrected chi connectivity index (χ4v) is 7.16. The van der Waals surface area contributed by atoms with Gasteiger partial charge in [0.2, 0.25) is 5.60 Å². The molecule has 0 aromatic rings. The molecule has 4 aliphatic rings. The van der Waals surface area contributed by atoms with Crippen LogP contribution in [0.5, 0.6) is 0 Å². The van der Waals surface area contributed by atoms with E-state index >= 15 is 0 Å². The van der Waals surface area contributed by atoms with Crippen LogP contribution < -0.4 is 0 Å². The largest absolute Gasteiger partial charge is 0.451 e. The Bertz CT molecular complexity index is 765. The van der Waals surface area contributed by atoms with E-state index in [1.807, 2.05) is 0 Å². The van der Waals surface area contributed by atoms with E-state index in [0.717, 1.165) is 31.3 Å². The van der Waals surface area contributed by atoms with E-state index in [1.165, 1.54) is 13.3 Å². The predicted molar refractivity (Wildman–Crippen MR) is 98.7 cm³/mol. The summed E-state index contributed by atoms with van der Waals surface area (Å²) in [6.07, 6.45) is 7.54. The minimum Gasteiger partial charge on any atom is -0.451 e. The van der Waals surface area contributed by atoms with Crippen LogP contribution in [0, 0.1) is 22.7 Å². The molecule has 4 rings (SSSR count). The van der Waals surface area contributed by atoms with Crippen LogP contribution in [0.15, 0.2) is 11.6 Å². The van der Waals surface area contributed by atoms with Crippen LogP contribution in [-0.2, 0) is 23.9 Å². The first kappa shape index (κ1) is 18.7. The quantitative estimate of drug-likeness (QED) is 0.689. The Morgan fingerprint density at radius 2 is 1.93 bits per heavy atom. The number of rotatable bonds is 2. The second-order valence-electron chi connectivity index (χ2n) is 9.82. The lowest BCUT2D eigenvalue weighted by Gasteiger charge is -2.59. The van der Waals surface area contributed by atoms with Gasteiger partial charge in [0.15, 0.2) is 5.78 Å². The highest BCUT2D eigenvalue weighted by molar-refractivity contribution is 6.05. The van der Waals surface area contributed by atoms with Crippen molar-refractivity contribution in [3.63, 3.8) is 0 Å². The molecular weight excluding hydrogens is 344 g/mol. The first-order chi connectivity index (χ1) is 12.5. The molecule has 0 aromatic heterocycles. The van der Waals surface area contributed by atoms with Gasteiger partial charge in [0.1, 0.15) is 11.5 Å². The summed E-state index contributed by atoms with van der Waals surface area (Å²) < 4.78 is 11.4. The van der Waals surface area contributed by atoms with Gasteiger partial charge in [-0.15, -0.1) is 0 Å². The first-order valence-corrected chi connectivity index (χ1v) is 10.2. The van der Waals surface area contributed by atoms with E-state index in [1.54, 1.807) is 13.0 Å². The Labute approximate surface area is 160 Å².